The van der Waals surface area contributed by atoms with Gasteiger partial charge in [-0.3, -0.25) is 14.6 Å². The van der Waals surface area contributed by atoms with Crippen molar-refractivity contribution in [2.45, 2.75) is 26.4 Å². The molecule has 0 aliphatic carbocycles. The van der Waals surface area contributed by atoms with Crippen LogP contribution in [0.4, 0.5) is 0 Å². The van der Waals surface area contributed by atoms with Crippen molar-refractivity contribution in [1.29, 1.82) is 0 Å². The standard InChI is InChI=1S/C13H19N3O3/c1-9(2)16(8-12(17)19-3)13(18)10-4-5-15-11(6-10)7-14/h4-6,9H,7-8,14H2,1-3H3. The first-order valence-electron chi connectivity index (χ1n) is 6.02. The molecule has 1 amide bonds. The molecule has 0 atom stereocenters. The van der Waals surface area contributed by atoms with Crippen molar-refractivity contribution in [2.24, 2.45) is 5.73 Å². The Labute approximate surface area is 112 Å². The van der Waals surface area contributed by atoms with Crippen LogP contribution in [0.25, 0.3) is 0 Å². The second kappa shape index (κ2) is 6.84. The first-order valence-corrected chi connectivity index (χ1v) is 6.02. The van der Waals surface area contributed by atoms with Gasteiger partial charge in [-0.05, 0) is 26.0 Å². The van der Waals surface area contributed by atoms with E-state index >= 15 is 0 Å². The average molecular weight is 265 g/mol. The van der Waals surface area contributed by atoms with Crippen LogP contribution < -0.4 is 5.73 Å². The van der Waals surface area contributed by atoms with Crippen molar-refractivity contribution in [3.05, 3.63) is 29.6 Å². The van der Waals surface area contributed by atoms with Crippen LogP contribution in [0.1, 0.15) is 29.9 Å². The zero-order chi connectivity index (χ0) is 14.4. The Balaban J connectivity index is 2.95. The fourth-order valence-corrected chi connectivity index (χ4v) is 1.58. The van der Waals surface area contributed by atoms with Gasteiger partial charge in [-0.15, -0.1) is 0 Å². The number of nitrogens with zero attached hydrogens (tertiary/aromatic N) is 2. The summed E-state index contributed by atoms with van der Waals surface area (Å²) < 4.78 is 4.60. The maximum Gasteiger partial charge on any atom is 0.325 e. The van der Waals surface area contributed by atoms with Gasteiger partial charge in [0, 0.05) is 24.3 Å². The SMILES string of the molecule is COC(=O)CN(C(=O)c1ccnc(CN)c1)C(C)C. The largest absolute Gasteiger partial charge is 0.468 e. The highest BCUT2D eigenvalue weighted by atomic mass is 16.5. The number of esters is 1. The summed E-state index contributed by atoms with van der Waals surface area (Å²) in [6, 6.07) is 3.13. The van der Waals surface area contributed by atoms with Crippen LogP contribution in [-0.2, 0) is 16.1 Å². The fourth-order valence-electron chi connectivity index (χ4n) is 1.58. The van der Waals surface area contributed by atoms with E-state index in [1.807, 2.05) is 13.8 Å². The van der Waals surface area contributed by atoms with Crippen LogP contribution in [0.15, 0.2) is 18.3 Å². The van der Waals surface area contributed by atoms with Crippen molar-refractivity contribution in [2.75, 3.05) is 13.7 Å². The molecular formula is C13H19N3O3. The molecule has 19 heavy (non-hydrogen) atoms. The predicted molar refractivity (Wildman–Crippen MR) is 70.3 cm³/mol. The summed E-state index contributed by atoms with van der Waals surface area (Å²) in [5.41, 5.74) is 6.59. The molecule has 6 nitrogen and oxygen atoms in total. The molecule has 0 saturated heterocycles. The lowest BCUT2D eigenvalue weighted by Gasteiger charge is -2.25. The van der Waals surface area contributed by atoms with E-state index in [0.717, 1.165) is 0 Å². The molecule has 6 heteroatoms. The van der Waals surface area contributed by atoms with Gasteiger partial charge in [-0.25, -0.2) is 0 Å². The maximum absolute atomic E-state index is 12.4. The van der Waals surface area contributed by atoms with E-state index in [4.69, 9.17) is 5.73 Å². The molecule has 0 aromatic carbocycles. The molecule has 0 aliphatic rings. The van der Waals surface area contributed by atoms with Crippen LogP contribution in [-0.4, -0.2) is 41.5 Å². The molecular weight excluding hydrogens is 246 g/mol. The smallest absolute Gasteiger partial charge is 0.325 e. The van der Waals surface area contributed by atoms with Crippen LogP contribution in [0.2, 0.25) is 0 Å². The van der Waals surface area contributed by atoms with E-state index in [2.05, 4.69) is 9.72 Å². The number of rotatable bonds is 5. The van der Waals surface area contributed by atoms with Gasteiger partial charge in [0.15, 0.2) is 0 Å². The normalized spacial score (nSPS) is 10.4. The van der Waals surface area contributed by atoms with Crippen molar-refractivity contribution < 1.29 is 14.3 Å². The predicted octanol–water partition coefficient (Wildman–Crippen LogP) is 0.564. The maximum atomic E-state index is 12.4. The molecule has 0 saturated carbocycles. The van der Waals surface area contributed by atoms with E-state index in [-0.39, 0.29) is 25.0 Å². The molecule has 0 bridgehead atoms. The van der Waals surface area contributed by atoms with Crippen molar-refractivity contribution in [3.8, 4) is 0 Å². The lowest BCUT2D eigenvalue weighted by atomic mass is 10.1. The summed E-state index contributed by atoms with van der Waals surface area (Å²) in [7, 11) is 1.30. The van der Waals surface area contributed by atoms with E-state index in [9.17, 15) is 9.59 Å². The topological polar surface area (TPSA) is 85.5 Å². The summed E-state index contributed by atoms with van der Waals surface area (Å²) in [5.74, 6) is -0.687. The zero-order valence-electron chi connectivity index (χ0n) is 11.4. The van der Waals surface area contributed by atoms with Crippen LogP contribution in [0.5, 0.6) is 0 Å². The highest BCUT2D eigenvalue weighted by molar-refractivity contribution is 5.96. The van der Waals surface area contributed by atoms with Gasteiger partial charge >= 0.3 is 5.97 Å². The Bertz CT molecular complexity index is 460. The van der Waals surface area contributed by atoms with Crippen LogP contribution >= 0.6 is 0 Å². The molecule has 2 N–H and O–H groups in total. The fraction of sp³-hybridized carbons (Fsp3) is 0.462. The molecule has 1 aromatic heterocycles. The molecule has 1 aromatic rings. The Hall–Kier alpha value is -1.95. The number of pyridine rings is 1. The monoisotopic (exact) mass is 265 g/mol. The lowest BCUT2D eigenvalue weighted by Crippen LogP contribution is -2.41. The average Bonchev–Trinajstić information content (AvgIpc) is 2.43. The summed E-state index contributed by atoms with van der Waals surface area (Å²) in [6.07, 6.45) is 1.53. The van der Waals surface area contributed by atoms with Crippen LogP contribution in [0, 0.1) is 0 Å². The minimum atomic E-state index is -0.449. The van der Waals surface area contributed by atoms with E-state index in [0.29, 0.717) is 11.3 Å². The molecule has 0 radical (unpaired) electrons. The van der Waals surface area contributed by atoms with Crippen molar-refractivity contribution in [3.63, 3.8) is 0 Å². The van der Waals surface area contributed by atoms with Gasteiger partial charge in [-0.2, -0.15) is 0 Å². The molecule has 0 fully saturated rings. The Morgan fingerprint density at radius 3 is 2.68 bits per heavy atom. The first kappa shape index (κ1) is 15.1. The van der Waals surface area contributed by atoms with Gasteiger partial charge in [0.05, 0.1) is 12.8 Å². The van der Waals surface area contributed by atoms with Crippen molar-refractivity contribution in [1.82, 2.24) is 9.88 Å². The summed E-state index contributed by atoms with van der Waals surface area (Å²) in [6.45, 7) is 3.87. The van der Waals surface area contributed by atoms with Gasteiger partial charge in [-0.1, -0.05) is 0 Å². The van der Waals surface area contributed by atoms with Gasteiger partial charge < -0.3 is 15.4 Å². The van der Waals surface area contributed by atoms with Gasteiger partial charge in [0.25, 0.3) is 5.91 Å². The Morgan fingerprint density at radius 1 is 1.47 bits per heavy atom. The number of aromatic nitrogens is 1. The second-order valence-corrected chi connectivity index (χ2v) is 4.34. The van der Waals surface area contributed by atoms with Gasteiger partial charge in [0.2, 0.25) is 0 Å². The zero-order valence-corrected chi connectivity index (χ0v) is 11.4. The molecule has 0 unspecified atom stereocenters. The van der Waals surface area contributed by atoms with E-state index in [1.165, 1.54) is 18.2 Å². The van der Waals surface area contributed by atoms with E-state index < -0.39 is 5.97 Å². The number of carbonyl (C=O) groups excluding carboxylic acids is 2. The number of hydrogen-bond acceptors (Lipinski definition) is 5. The quantitative estimate of drug-likeness (QED) is 0.786. The second-order valence-electron chi connectivity index (χ2n) is 4.34. The Morgan fingerprint density at radius 2 is 2.16 bits per heavy atom. The van der Waals surface area contributed by atoms with Crippen LogP contribution in [0.3, 0.4) is 0 Å². The number of nitrogens with two attached hydrogens (primary N) is 1. The molecule has 1 heterocycles. The third-order valence-electron chi connectivity index (χ3n) is 2.68. The number of amides is 1. The van der Waals surface area contributed by atoms with Gasteiger partial charge in [0.1, 0.15) is 6.54 Å². The highest BCUT2D eigenvalue weighted by Gasteiger charge is 2.22. The summed E-state index contributed by atoms with van der Waals surface area (Å²) in [5, 5.41) is 0. The van der Waals surface area contributed by atoms with E-state index in [1.54, 1.807) is 12.1 Å². The third kappa shape index (κ3) is 4.03. The molecule has 104 valence electrons. The minimum Gasteiger partial charge on any atom is -0.468 e. The Kier molecular flexibility index (Phi) is 5.44. The highest BCUT2D eigenvalue weighted by Crippen LogP contribution is 2.09. The number of methoxy groups -OCH3 is 1. The number of hydrogen-bond donors (Lipinski definition) is 1. The summed E-state index contributed by atoms with van der Waals surface area (Å²) >= 11 is 0. The minimum absolute atomic E-state index is 0.0761. The first-order chi connectivity index (χ1) is 8.99. The number of ether oxygens (including phenoxy) is 1. The number of carbonyl (C=O) groups is 2. The third-order valence-corrected chi connectivity index (χ3v) is 2.68. The van der Waals surface area contributed by atoms with Crippen molar-refractivity contribution >= 4 is 11.9 Å². The lowest BCUT2D eigenvalue weighted by molar-refractivity contribution is -0.141. The molecule has 1 rings (SSSR count). The summed E-state index contributed by atoms with van der Waals surface area (Å²) in [4.78, 5) is 29.2. The molecule has 0 spiro atoms. The molecule has 0 aliphatic heterocycles.